The summed E-state index contributed by atoms with van der Waals surface area (Å²) in [5.41, 5.74) is 1.80. The minimum absolute atomic E-state index is 0.0296. The lowest BCUT2D eigenvalue weighted by Gasteiger charge is -2.38. The highest BCUT2D eigenvalue weighted by atomic mass is 16.5. The van der Waals surface area contributed by atoms with Gasteiger partial charge in [-0.2, -0.15) is 0 Å². The van der Waals surface area contributed by atoms with E-state index in [1.165, 1.54) is 0 Å². The van der Waals surface area contributed by atoms with E-state index in [1.807, 2.05) is 36.4 Å². The van der Waals surface area contributed by atoms with E-state index in [9.17, 15) is 4.79 Å². The van der Waals surface area contributed by atoms with Crippen LogP contribution in [0.1, 0.15) is 24.0 Å². The van der Waals surface area contributed by atoms with E-state index >= 15 is 0 Å². The zero-order valence-electron chi connectivity index (χ0n) is 17.3. The van der Waals surface area contributed by atoms with E-state index in [-0.39, 0.29) is 17.7 Å². The molecule has 0 aromatic heterocycles. The van der Waals surface area contributed by atoms with Crippen molar-refractivity contribution in [2.75, 3.05) is 41.1 Å². The largest absolute Gasteiger partial charge is 0.496 e. The maximum absolute atomic E-state index is 12.7. The van der Waals surface area contributed by atoms with Crippen molar-refractivity contribution < 1.29 is 23.7 Å². The molecular weight excluding hydrogens is 370 g/mol. The predicted octanol–water partition coefficient (Wildman–Crippen LogP) is 3.12. The second-order valence-corrected chi connectivity index (χ2v) is 7.24. The lowest BCUT2D eigenvalue weighted by Crippen LogP contribution is -2.45. The van der Waals surface area contributed by atoms with Crippen molar-refractivity contribution in [3.8, 4) is 17.2 Å². The van der Waals surface area contributed by atoms with Gasteiger partial charge in [0.25, 0.3) is 0 Å². The molecule has 2 aromatic rings. The van der Waals surface area contributed by atoms with Crippen LogP contribution in [0.15, 0.2) is 42.5 Å². The second kappa shape index (κ2) is 9.65. The van der Waals surface area contributed by atoms with E-state index in [0.717, 1.165) is 29.7 Å². The fourth-order valence-corrected chi connectivity index (χ4v) is 3.89. The van der Waals surface area contributed by atoms with Crippen LogP contribution in [-0.2, 0) is 21.4 Å². The van der Waals surface area contributed by atoms with Crippen molar-refractivity contribution in [2.45, 2.75) is 24.7 Å². The Bertz CT molecular complexity index is 830. The summed E-state index contributed by atoms with van der Waals surface area (Å²) in [5, 5.41) is 3.14. The van der Waals surface area contributed by atoms with Gasteiger partial charge in [-0.25, -0.2) is 0 Å². The van der Waals surface area contributed by atoms with Crippen molar-refractivity contribution in [1.82, 2.24) is 5.32 Å². The fourth-order valence-electron chi connectivity index (χ4n) is 3.89. The van der Waals surface area contributed by atoms with Crippen LogP contribution in [0.5, 0.6) is 17.2 Å². The van der Waals surface area contributed by atoms with Crippen molar-refractivity contribution in [3.63, 3.8) is 0 Å². The van der Waals surface area contributed by atoms with Crippen LogP contribution in [0.2, 0.25) is 0 Å². The molecule has 0 saturated carbocycles. The van der Waals surface area contributed by atoms with E-state index in [0.29, 0.717) is 31.3 Å². The Morgan fingerprint density at radius 2 is 1.66 bits per heavy atom. The summed E-state index contributed by atoms with van der Waals surface area (Å²) in [5.74, 6) is 2.09. The summed E-state index contributed by atoms with van der Waals surface area (Å²) >= 11 is 0. The molecule has 156 valence electrons. The van der Waals surface area contributed by atoms with Crippen LogP contribution in [0.3, 0.4) is 0 Å². The van der Waals surface area contributed by atoms with Gasteiger partial charge in [0.2, 0.25) is 5.91 Å². The van der Waals surface area contributed by atoms with Gasteiger partial charge >= 0.3 is 0 Å². The lowest BCUT2D eigenvalue weighted by molar-refractivity contribution is -0.121. The minimum atomic E-state index is -0.196. The summed E-state index contributed by atoms with van der Waals surface area (Å²) in [6.45, 7) is 1.88. The number of carbonyl (C=O) groups is 1. The van der Waals surface area contributed by atoms with Crippen molar-refractivity contribution in [3.05, 3.63) is 53.6 Å². The lowest BCUT2D eigenvalue weighted by atomic mass is 9.73. The Labute approximate surface area is 172 Å². The van der Waals surface area contributed by atoms with Gasteiger partial charge in [-0.1, -0.05) is 24.3 Å². The van der Waals surface area contributed by atoms with E-state index < -0.39 is 0 Å². The summed E-state index contributed by atoms with van der Waals surface area (Å²) in [6, 6.07) is 13.6. The Morgan fingerprint density at radius 3 is 2.34 bits per heavy atom. The number of ether oxygens (including phenoxy) is 4. The summed E-state index contributed by atoms with van der Waals surface area (Å²) in [4.78, 5) is 12.7. The average molecular weight is 399 g/mol. The summed E-state index contributed by atoms with van der Waals surface area (Å²) < 4.78 is 21.8. The molecule has 0 atom stereocenters. The van der Waals surface area contributed by atoms with Gasteiger partial charge in [0.05, 0.1) is 27.8 Å². The first-order valence-corrected chi connectivity index (χ1v) is 9.81. The molecule has 0 aliphatic carbocycles. The molecule has 0 radical (unpaired) electrons. The van der Waals surface area contributed by atoms with Gasteiger partial charge in [0.1, 0.15) is 5.75 Å². The SMILES string of the molecule is COc1ccc(CC(=O)NCC2(c3ccccc3OC)CCOCC2)cc1OC. The predicted molar refractivity (Wildman–Crippen MR) is 111 cm³/mol. The molecule has 1 fully saturated rings. The Balaban J connectivity index is 1.72. The molecule has 0 unspecified atom stereocenters. The number of hydrogen-bond acceptors (Lipinski definition) is 5. The Morgan fingerprint density at radius 1 is 0.966 bits per heavy atom. The molecule has 0 spiro atoms. The van der Waals surface area contributed by atoms with Gasteiger partial charge < -0.3 is 24.3 Å². The molecule has 0 bridgehead atoms. The number of benzene rings is 2. The van der Waals surface area contributed by atoms with Gasteiger partial charge in [-0.15, -0.1) is 0 Å². The van der Waals surface area contributed by atoms with Gasteiger partial charge in [-0.05, 0) is 36.6 Å². The molecular formula is C23H29NO5. The summed E-state index contributed by atoms with van der Waals surface area (Å²) in [7, 11) is 4.86. The maximum atomic E-state index is 12.7. The Hall–Kier alpha value is -2.73. The highest BCUT2D eigenvalue weighted by Crippen LogP contribution is 2.39. The molecule has 1 aliphatic rings. The number of para-hydroxylation sites is 1. The molecule has 1 heterocycles. The van der Waals surface area contributed by atoms with E-state index in [4.69, 9.17) is 18.9 Å². The maximum Gasteiger partial charge on any atom is 0.224 e. The molecule has 6 nitrogen and oxygen atoms in total. The van der Waals surface area contributed by atoms with Crippen molar-refractivity contribution in [1.29, 1.82) is 0 Å². The fraction of sp³-hybridized carbons (Fsp3) is 0.435. The zero-order chi connectivity index (χ0) is 20.7. The number of methoxy groups -OCH3 is 3. The third-order valence-corrected chi connectivity index (χ3v) is 5.56. The van der Waals surface area contributed by atoms with Crippen LogP contribution >= 0.6 is 0 Å². The van der Waals surface area contributed by atoms with Crippen LogP contribution < -0.4 is 19.5 Å². The molecule has 1 saturated heterocycles. The Kier molecular flexibility index (Phi) is 6.99. The van der Waals surface area contributed by atoms with Crippen LogP contribution in [0.25, 0.3) is 0 Å². The quantitative estimate of drug-likeness (QED) is 0.739. The van der Waals surface area contributed by atoms with E-state index in [2.05, 4.69) is 11.4 Å². The molecule has 3 rings (SSSR count). The van der Waals surface area contributed by atoms with Crippen molar-refractivity contribution in [2.24, 2.45) is 0 Å². The van der Waals surface area contributed by atoms with Gasteiger partial charge in [0.15, 0.2) is 11.5 Å². The number of hydrogen-bond donors (Lipinski definition) is 1. The highest BCUT2D eigenvalue weighted by Gasteiger charge is 2.37. The summed E-state index contributed by atoms with van der Waals surface area (Å²) in [6.07, 6.45) is 1.95. The third-order valence-electron chi connectivity index (χ3n) is 5.56. The minimum Gasteiger partial charge on any atom is -0.496 e. The molecule has 2 aromatic carbocycles. The van der Waals surface area contributed by atoms with Crippen LogP contribution in [0, 0.1) is 0 Å². The normalized spacial score (nSPS) is 15.4. The second-order valence-electron chi connectivity index (χ2n) is 7.24. The van der Waals surface area contributed by atoms with Crippen molar-refractivity contribution >= 4 is 5.91 Å². The number of rotatable bonds is 8. The molecule has 29 heavy (non-hydrogen) atoms. The smallest absolute Gasteiger partial charge is 0.224 e. The molecule has 1 amide bonds. The first-order chi connectivity index (χ1) is 14.1. The first kappa shape index (κ1) is 21.0. The molecule has 1 N–H and O–H groups in total. The monoisotopic (exact) mass is 399 g/mol. The number of amides is 1. The molecule has 6 heteroatoms. The zero-order valence-corrected chi connectivity index (χ0v) is 17.3. The van der Waals surface area contributed by atoms with Crippen LogP contribution in [-0.4, -0.2) is 47.0 Å². The van der Waals surface area contributed by atoms with E-state index in [1.54, 1.807) is 21.3 Å². The third kappa shape index (κ3) is 4.82. The molecule has 1 aliphatic heterocycles. The standard InChI is InChI=1S/C23H29NO5/c1-26-19-7-5-4-6-18(19)23(10-12-29-13-11-23)16-24-22(25)15-17-8-9-20(27-2)21(14-17)28-3/h4-9,14H,10-13,15-16H2,1-3H3,(H,24,25). The highest BCUT2D eigenvalue weighted by molar-refractivity contribution is 5.79. The van der Waals surface area contributed by atoms with Gasteiger partial charge in [-0.3, -0.25) is 4.79 Å². The number of carbonyl (C=O) groups excluding carboxylic acids is 1. The average Bonchev–Trinajstić information content (AvgIpc) is 2.78. The van der Waals surface area contributed by atoms with Gasteiger partial charge in [0, 0.05) is 30.7 Å². The first-order valence-electron chi connectivity index (χ1n) is 9.81. The topological polar surface area (TPSA) is 66.0 Å². The number of nitrogens with one attached hydrogen (secondary N) is 1. The van der Waals surface area contributed by atoms with Crippen LogP contribution in [0.4, 0.5) is 0 Å².